The topological polar surface area (TPSA) is 45.1 Å². The Hall–Kier alpha value is -1.04. The molecule has 1 amide bonds. The first kappa shape index (κ1) is 16.3. The van der Waals surface area contributed by atoms with Crippen LogP contribution in [-0.4, -0.2) is 53.5 Å². The minimum atomic E-state index is -0.436. The molecule has 21 heavy (non-hydrogen) atoms. The number of aliphatic imine (C=N–C) groups is 1. The molecule has 0 bridgehead atoms. The number of rotatable bonds is 0. The number of allylic oxidation sites excluding steroid dienone is 1. The van der Waals surface area contributed by atoms with Crippen LogP contribution in [0.15, 0.2) is 15.2 Å². The van der Waals surface area contributed by atoms with Gasteiger partial charge in [0.25, 0.3) is 0 Å². The van der Waals surface area contributed by atoms with E-state index in [0.29, 0.717) is 13.1 Å². The predicted molar refractivity (Wildman–Crippen MR) is 87.7 cm³/mol. The minimum absolute atomic E-state index is 0.218. The average molecular weight is 358 g/mol. The van der Waals surface area contributed by atoms with Crippen LogP contribution in [0.3, 0.4) is 0 Å². The fourth-order valence-corrected chi connectivity index (χ4v) is 2.77. The van der Waals surface area contributed by atoms with Gasteiger partial charge in [-0.25, -0.2) is 9.79 Å². The monoisotopic (exact) mass is 357 g/mol. The van der Waals surface area contributed by atoms with Crippen molar-refractivity contribution < 1.29 is 9.53 Å². The van der Waals surface area contributed by atoms with Crippen molar-refractivity contribution in [1.82, 2.24) is 9.80 Å². The van der Waals surface area contributed by atoms with E-state index in [-0.39, 0.29) is 6.09 Å². The first-order valence-corrected chi connectivity index (χ1v) is 8.21. The van der Waals surface area contributed by atoms with E-state index in [2.05, 4.69) is 32.7 Å². The molecule has 0 aliphatic carbocycles. The third-order valence-electron chi connectivity index (χ3n) is 3.60. The average Bonchev–Trinajstić information content (AvgIpc) is 2.40. The molecule has 0 radical (unpaired) electrons. The SMILES string of the molecule is CC1=C(Br)N=C(N2CCN(C(=O)OC(C)(C)C)CC2)CC1. The Morgan fingerprint density at radius 3 is 2.33 bits per heavy atom. The summed E-state index contributed by atoms with van der Waals surface area (Å²) in [5, 5.41) is 0. The van der Waals surface area contributed by atoms with Gasteiger partial charge in [-0.1, -0.05) is 0 Å². The molecule has 2 rings (SSSR count). The van der Waals surface area contributed by atoms with E-state index in [1.165, 1.54) is 5.57 Å². The van der Waals surface area contributed by atoms with Crippen molar-refractivity contribution in [3.05, 3.63) is 10.2 Å². The maximum Gasteiger partial charge on any atom is 0.410 e. The Labute approximate surface area is 135 Å². The van der Waals surface area contributed by atoms with Crippen molar-refractivity contribution in [2.24, 2.45) is 4.99 Å². The number of amides is 1. The molecule has 0 aromatic rings. The van der Waals surface area contributed by atoms with Gasteiger partial charge in [0.2, 0.25) is 0 Å². The number of amidine groups is 1. The lowest BCUT2D eigenvalue weighted by Gasteiger charge is -2.37. The van der Waals surface area contributed by atoms with Crippen molar-refractivity contribution in [3.8, 4) is 0 Å². The van der Waals surface area contributed by atoms with Gasteiger partial charge in [0, 0.05) is 32.6 Å². The van der Waals surface area contributed by atoms with Gasteiger partial charge in [-0.2, -0.15) is 0 Å². The van der Waals surface area contributed by atoms with Crippen LogP contribution in [0.1, 0.15) is 40.5 Å². The third-order valence-corrected chi connectivity index (χ3v) is 4.45. The molecule has 2 aliphatic rings. The summed E-state index contributed by atoms with van der Waals surface area (Å²) < 4.78 is 6.37. The highest BCUT2D eigenvalue weighted by Gasteiger charge is 2.27. The van der Waals surface area contributed by atoms with Crippen molar-refractivity contribution in [1.29, 1.82) is 0 Å². The summed E-state index contributed by atoms with van der Waals surface area (Å²) in [5.74, 6) is 1.12. The van der Waals surface area contributed by atoms with Crippen LogP contribution in [0, 0.1) is 0 Å². The molecule has 0 unspecified atom stereocenters. The first-order chi connectivity index (χ1) is 9.76. The number of hydrogen-bond acceptors (Lipinski definition) is 4. The molecule has 6 heteroatoms. The number of halogens is 1. The molecule has 1 saturated heterocycles. The Kier molecular flexibility index (Phi) is 4.96. The Bertz CT molecular complexity index is 472. The summed E-state index contributed by atoms with van der Waals surface area (Å²) in [7, 11) is 0. The van der Waals surface area contributed by atoms with Crippen molar-refractivity contribution in [3.63, 3.8) is 0 Å². The molecule has 0 N–H and O–H groups in total. The normalized spacial score (nSPS) is 20.5. The molecule has 0 spiro atoms. The summed E-state index contributed by atoms with van der Waals surface area (Å²) in [6.45, 7) is 10.8. The van der Waals surface area contributed by atoms with E-state index in [1.54, 1.807) is 4.90 Å². The number of ether oxygens (including phenoxy) is 1. The fourth-order valence-electron chi connectivity index (χ4n) is 2.37. The maximum atomic E-state index is 12.0. The van der Waals surface area contributed by atoms with Gasteiger partial charge in [-0.3, -0.25) is 0 Å². The van der Waals surface area contributed by atoms with Gasteiger partial charge >= 0.3 is 6.09 Å². The summed E-state index contributed by atoms with van der Waals surface area (Å²) in [6, 6.07) is 0. The molecule has 0 aromatic carbocycles. The number of hydrogen-bond donors (Lipinski definition) is 0. The second-order valence-corrected chi connectivity index (χ2v) is 7.30. The largest absolute Gasteiger partial charge is 0.444 e. The molecule has 1 fully saturated rings. The molecule has 0 atom stereocenters. The zero-order chi connectivity index (χ0) is 15.6. The molecule has 2 aliphatic heterocycles. The smallest absolute Gasteiger partial charge is 0.410 e. The van der Waals surface area contributed by atoms with Gasteiger partial charge in [0.15, 0.2) is 0 Å². The highest BCUT2D eigenvalue weighted by molar-refractivity contribution is 9.11. The zero-order valence-electron chi connectivity index (χ0n) is 13.3. The van der Waals surface area contributed by atoms with E-state index in [0.717, 1.165) is 36.4 Å². The highest BCUT2D eigenvalue weighted by atomic mass is 79.9. The van der Waals surface area contributed by atoms with Crippen LogP contribution in [0.5, 0.6) is 0 Å². The Morgan fingerprint density at radius 2 is 1.81 bits per heavy atom. The van der Waals surface area contributed by atoms with Crippen molar-refractivity contribution >= 4 is 27.9 Å². The molecular weight excluding hydrogens is 334 g/mol. The molecule has 0 saturated carbocycles. The first-order valence-electron chi connectivity index (χ1n) is 7.42. The third kappa shape index (κ3) is 4.46. The van der Waals surface area contributed by atoms with Crippen LogP contribution >= 0.6 is 15.9 Å². The summed E-state index contributed by atoms with van der Waals surface area (Å²) in [6.07, 6.45) is 1.81. The van der Waals surface area contributed by atoms with Gasteiger partial charge < -0.3 is 14.5 Å². The van der Waals surface area contributed by atoms with Crippen LogP contribution < -0.4 is 0 Å². The fraction of sp³-hybridized carbons (Fsp3) is 0.733. The number of nitrogens with zero attached hydrogens (tertiary/aromatic N) is 3. The number of piperazine rings is 1. The molecule has 2 heterocycles. The molecule has 118 valence electrons. The molecule has 0 aromatic heterocycles. The molecular formula is C15H24BrN3O2. The van der Waals surface area contributed by atoms with Crippen LogP contribution in [0.25, 0.3) is 0 Å². The Balaban J connectivity index is 1.89. The second kappa shape index (κ2) is 6.38. The van der Waals surface area contributed by atoms with Crippen LogP contribution in [0.4, 0.5) is 4.79 Å². The Morgan fingerprint density at radius 1 is 1.19 bits per heavy atom. The van der Waals surface area contributed by atoms with Crippen LogP contribution in [0.2, 0.25) is 0 Å². The van der Waals surface area contributed by atoms with Crippen molar-refractivity contribution in [2.45, 2.75) is 46.1 Å². The van der Waals surface area contributed by atoms with E-state index in [4.69, 9.17) is 4.74 Å². The molecule has 5 nitrogen and oxygen atoms in total. The van der Waals surface area contributed by atoms with Gasteiger partial charge in [-0.15, -0.1) is 0 Å². The van der Waals surface area contributed by atoms with Gasteiger partial charge in [0.1, 0.15) is 16.0 Å². The standard InChI is InChI=1S/C15H24BrN3O2/c1-11-5-6-12(17-13(11)16)18-7-9-19(10-8-18)14(20)21-15(2,3)4/h5-10H2,1-4H3. The summed E-state index contributed by atoms with van der Waals surface area (Å²) >= 11 is 3.51. The van der Waals surface area contributed by atoms with E-state index in [1.807, 2.05) is 20.8 Å². The number of carbonyl (C=O) groups excluding carboxylic acids is 1. The van der Waals surface area contributed by atoms with E-state index in [9.17, 15) is 4.79 Å². The van der Waals surface area contributed by atoms with Crippen molar-refractivity contribution in [2.75, 3.05) is 26.2 Å². The lowest BCUT2D eigenvalue weighted by Crippen LogP contribution is -2.51. The summed E-state index contributed by atoms with van der Waals surface area (Å²) in [5.41, 5.74) is 0.862. The van der Waals surface area contributed by atoms with E-state index < -0.39 is 5.60 Å². The second-order valence-electron chi connectivity index (χ2n) is 6.55. The van der Waals surface area contributed by atoms with Gasteiger partial charge in [0.05, 0.1) is 0 Å². The minimum Gasteiger partial charge on any atom is -0.444 e. The lowest BCUT2D eigenvalue weighted by atomic mass is 10.1. The van der Waals surface area contributed by atoms with E-state index >= 15 is 0 Å². The van der Waals surface area contributed by atoms with Crippen LogP contribution in [-0.2, 0) is 4.74 Å². The van der Waals surface area contributed by atoms with Gasteiger partial charge in [-0.05, 0) is 55.6 Å². The lowest BCUT2D eigenvalue weighted by molar-refractivity contribution is 0.0186. The maximum absolute atomic E-state index is 12.0. The quantitative estimate of drug-likeness (QED) is 0.624. The highest BCUT2D eigenvalue weighted by Crippen LogP contribution is 2.25. The zero-order valence-corrected chi connectivity index (χ0v) is 14.9. The predicted octanol–water partition coefficient (Wildman–Crippen LogP) is 3.36. The summed E-state index contributed by atoms with van der Waals surface area (Å²) in [4.78, 5) is 20.7. The number of carbonyl (C=O) groups is 1.